The number of aliphatic imine (C=N–C) groups is 1. The summed E-state index contributed by atoms with van der Waals surface area (Å²) >= 11 is 0. The molecule has 0 amide bonds. The minimum absolute atomic E-state index is 0.0176. The summed E-state index contributed by atoms with van der Waals surface area (Å²) in [5, 5.41) is 10.5. The van der Waals surface area contributed by atoms with E-state index in [1.807, 2.05) is 20.8 Å². The van der Waals surface area contributed by atoms with Crippen molar-refractivity contribution in [3.63, 3.8) is 0 Å². The number of hydrogen-bond donors (Lipinski definition) is 2. The Hall–Kier alpha value is -1.59. The van der Waals surface area contributed by atoms with E-state index in [1.165, 1.54) is 0 Å². The highest BCUT2D eigenvalue weighted by Crippen LogP contribution is 2.09. The summed E-state index contributed by atoms with van der Waals surface area (Å²) in [4.78, 5) is 8.85. The van der Waals surface area contributed by atoms with Crippen molar-refractivity contribution in [1.82, 2.24) is 20.8 Å². The lowest BCUT2D eigenvalue weighted by Crippen LogP contribution is -2.47. The van der Waals surface area contributed by atoms with E-state index in [2.05, 4.69) is 46.5 Å². The van der Waals surface area contributed by atoms with Crippen molar-refractivity contribution in [2.45, 2.75) is 59.4 Å². The van der Waals surface area contributed by atoms with E-state index < -0.39 is 0 Å². The zero-order valence-electron chi connectivity index (χ0n) is 13.4. The summed E-state index contributed by atoms with van der Waals surface area (Å²) in [7, 11) is 0. The molecule has 0 saturated carbocycles. The van der Waals surface area contributed by atoms with Gasteiger partial charge in [0, 0.05) is 24.4 Å². The molecule has 6 heteroatoms. The Morgan fingerprint density at radius 3 is 2.55 bits per heavy atom. The van der Waals surface area contributed by atoms with Crippen molar-refractivity contribution in [2.24, 2.45) is 4.99 Å². The molecule has 0 aliphatic heterocycles. The van der Waals surface area contributed by atoms with Gasteiger partial charge in [-0.3, -0.25) is 4.99 Å². The minimum atomic E-state index is -0.0176. The molecule has 1 aromatic heterocycles. The largest absolute Gasteiger partial charge is 0.357 e. The van der Waals surface area contributed by atoms with Crippen LogP contribution in [0.4, 0.5) is 0 Å². The first kappa shape index (κ1) is 16.5. The molecular weight excluding hydrogens is 254 g/mol. The molecule has 0 unspecified atom stereocenters. The van der Waals surface area contributed by atoms with Crippen LogP contribution in [0.3, 0.4) is 0 Å². The molecule has 2 N–H and O–H groups in total. The van der Waals surface area contributed by atoms with Crippen LogP contribution in [0.2, 0.25) is 0 Å². The normalized spacial score (nSPS) is 12.8. The Labute approximate surface area is 121 Å². The molecule has 0 saturated heterocycles. The smallest absolute Gasteiger partial charge is 0.228 e. The van der Waals surface area contributed by atoms with E-state index >= 15 is 0 Å². The summed E-state index contributed by atoms with van der Waals surface area (Å²) in [6, 6.07) is 0. The van der Waals surface area contributed by atoms with Gasteiger partial charge in [-0.15, -0.1) is 0 Å². The van der Waals surface area contributed by atoms with Crippen LogP contribution in [0.15, 0.2) is 9.52 Å². The molecule has 0 bridgehead atoms. The van der Waals surface area contributed by atoms with Gasteiger partial charge in [0.1, 0.15) is 0 Å². The molecule has 1 aromatic rings. The molecule has 0 atom stereocenters. The van der Waals surface area contributed by atoms with Gasteiger partial charge in [0.25, 0.3) is 0 Å². The second-order valence-electron chi connectivity index (χ2n) is 6.09. The third-order valence-corrected chi connectivity index (χ3v) is 2.43. The van der Waals surface area contributed by atoms with Gasteiger partial charge >= 0.3 is 0 Å². The van der Waals surface area contributed by atoms with Crippen molar-refractivity contribution in [3.05, 3.63) is 11.7 Å². The van der Waals surface area contributed by atoms with E-state index in [0.29, 0.717) is 18.9 Å². The predicted molar refractivity (Wildman–Crippen MR) is 81.0 cm³/mol. The second-order valence-corrected chi connectivity index (χ2v) is 6.09. The summed E-state index contributed by atoms with van der Waals surface area (Å²) in [6.07, 6.45) is 0.653. The van der Waals surface area contributed by atoms with Crippen molar-refractivity contribution < 1.29 is 4.52 Å². The predicted octanol–water partition coefficient (Wildman–Crippen LogP) is 2.09. The maximum absolute atomic E-state index is 5.20. The first-order valence-electron chi connectivity index (χ1n) is 7.20. The average Bonchev–Trinajstić information content (AvgIpc) is 2.76. The monoisotopic (exact) mass is 281 g/mol. The van der Waals surface area contributed by atoms with Crippen LogP contribution >= 0.6 is 0 Å². The molecule has 1 rings (SSSR count). The maximum Gasteiger partial charge on any atom is 0.228 e. The third-order valence-electron chi connectivity index (χ3n) is 2.43. The van der Waals surface area contributed by atoms with Crippen LogP contribution in [0.5, 0.6) is 0 Å². The average molecular weight is 281 g/mol. The fourth-order valence-corrected chi connectivity index (χ4v) is 1.53. The van der Waals surface area contributed by atoms with E-state index in [-0.39, 0.29) is 11.5 Å². The highest BCUT2D eigenvalue weighted by atomic mass is 16.5. The van der Waals surface area contributed by atoms with Crippen LogP contribution < -0.4 is 10.6 Å². The van der Waals surface area contributed by atoms with Gasteiger partial charge in [-0.25, -0.2) is 0 Å². The minimum Gasteiger partial charge on any atom is -0.357 e. The number of aromatic nitrogens is 2. The van der Waals surface area contributed by atoms with Gasteiger partial charge in [0.15, 0.2) is 11.8 Å². The number of guanidine groups is 1. The Morgan fingerprint density at radius 2 is 2.05 bits per heavy atom. The molecule has 0 aromatic carbocycles. The molecule has 114 valence electrons. The SMILES string of the molecule is CCNC(=NCCc1nc(C(C)C)no1)NC(C)(C)C. The Kier molecular flexibility index (Phi) is 5.98. The van der Waals surface area contributed by atoms with Crippen LogP contribution in [0, 0.1) is 0 Å². The number of nitrogens with zero attached hydrogens (tertiary/aromatic N) is 3. The van der Waals surface area contributed by atoms with Gasteiger partial charge in [0.05, 0.1) is 6.54 Å². The standard InChI is InChI=1S/C14H27N5O/c1-7-15-13(18-14(4,5)6)16-9-8-11-17-12(10(2)3)19-20-11/h10H,7-9H2,1-6H3,(H2,15,16,18). The van der Waals surface area contributed by atoms with Crippen LogP contribution in [0.25, 0.3) is 0 Å². The summed E-state index contributed by atoms with van der Waals surface area (Å²) in [5.74, 6) is 2.49. The summed E-state index contributed by atoms with van der Waals surface area (Å²) in [6.45, 7) is 13.9. The van der Waals surface area contributed by atoms with Crippen LogP contribution in [-0.4, -0.2) is 34.7 Å². The summed E-state index contributed by atoms with van der Waals surface area (Å²) in [5.41, 5.74) is -0.0176. The van der Waals surface area contributed by atoms with Gasteiger partial charge in [-0.2, -0.15) is 4.98 Å². The van der Waals surface area contributed by atoms with Crippen molar-refractivity contribution in [1.29, 1.82) is 0 Å². The zero-order chi connectivity index (χ0) is 15.2. The molecule has 6 nitrogen and oxygen atoms in total. The van der Waals surface area contributed by atoms with Crippen LogP contribution in [-0.2, 0) is 6.42 Å². The van der Waals surface area contributed by atoms with Gasteiger partial charge in [-0.1, -0.05) is 19.0 Å². The fourth-order valence-electron chi connectivity index (χ4n) is 1.53. The van der Waals surface area contributed by atoms with E-state index in [9.17, 15) is 0 Å². The quantitative estimate of drug-likeness (QED) is 0.638. The lowest BCUT2D eigenvalue weighted by Gasteiger charge is -2.23. The molecular formula is C14H27N5O. The molecule has 0 aliphatic carbocycles. The fraction of sp³-hybridized carbons (Fsp3) is 0.786. The molecule has 0 spiro atoms. The number of rotatable bonds is 5. The van der Waals surface area contributed by atoms with Crippen molar-refractivity contribution in [3.8, 4) is 0 Å². The van der Waals surface area contributed by atoms with E-state index in [1.54, 1.807) is 0 Å². The van der Waals surface area contributed by atoms with Crippen molar-refractivity contribution in [2.75, 3.05) is 13.1 Å². The van der Waals surface area contributed by atoms with Crippen molar-refractivity contribution >= 4 is 5.96 Å². The molecule has 0 fully saturated rings. The second kappa shape index (κ2) is 7.26. The van der Waals surface area contributed by atoms with E-state index in [4.69, 9.17) is 4.52 Å². The first-order valence-corrected chi connectivity index (χ1v) is 7.20. The maximum atomic E-state index is 5.20. The Morgan fingerprint density at radius 1 is 1.35 bits per heavy atom. The summed E-state index contributed by atoms with van der Waals surface area (Å²) < 4.78 is 5.20. The van der Waals surface area contributed by atoms with Gasteiger partial charge < -0.3 is 15.2 Å². The topological polar surface area (TPSA) is 75.3 Å². The molecule has 0 aliphatic rings. The lowest BCUT2D eigenvalue weighted by molar-refractivity contribution is 0.372. The molecule has 0 radical (unpaired) electrons. The van der Waals surface area contributed by atoms with E-state index in [0.717, 1.165) is 18.3 Å². The molecule has 1 heterocycles. The first-order chi connectivity index (χ1) is 9.31. The Balaban J connectivity index is 2.54. The van der Waals surface area contributed by atoms with Crippen LogP contribution in [0.1, 0.15) is 59.2 Å². The highest BCUT2D eigenvalue weighted by molar-refractivity contribution is 5.80. The number of nitrogens with one attached hydrogen (secondary N) is 2. The number of hydrogen-bond acceptors (Lipinski definition) is 4. The van der Waals surface area contributed by atoms with Gasteiger partial charge in [-0.05, 0) is 27.7 Å². The van der Waals surface area contributed by atoms with Gasteiger partial charge in [0.2, 0.25) is 5.89 Å². The Bertz CT molecular complexity index is 431. The third kappa shape index (κ3) is 6.04. The lowest BCUT2D eigenvalue weighted by atomic mass is 10.1. The zero-order valence-corrected chi connectivity index (χ0v) is 13.4. The highest BCUT2D eigenvalue weighted by Gasteiger charge is 2.12. The molecule has 20 heavy (non-hydrogen) atoms.